The standard InChI is InChI=1S/C8H10N4O2/c1-4-6(7(13)14)5(2)12-8(11-4)9-3-10-12/h3,5H,1-2H3,(H,13,14)(H,9,10,11). The molecular formula is C8H10N4O2. The van der Waals surface area contributed by atoms with E-state index >= 15 is 0 Å². The number of nitrogens with zero attached hydrogens (tertiary/aromatic N) is 3. The van der Waals surface area contributed by atoms with Gasteiger partial charge in [-0.2, -0.15) is 10.1 Å². The molecule has 0 bridgehead atoms. The number of hydrogen-bond donors (Lipinski definition) is 2. The van der Waals surface area contributed by atoms with Crippen LogP contribution in [0.25, 0.3) is 0 Å². The van der Waals surface area contributed by atoms with E-state index in [2.05, 4.69) is 15.4 Å². The predicted octanol–water partition coefficient (Wildman–Crippen LogP) is 0.623. The van der Waals surface area contributed by atoms with Crippen molar-refractivity contribution in [1.82, 2.24) is 14.8 Å². The van der Waals surface area contributed by atoms with E-state index in [1.165, 1.54) is 6.33 Å². The van der Waals surface area contributed by atoms with E-state index in [0.717, 1.165) is 0 Å². The second kappa shape index (κ2) is 2.83. The number of allylic oxidation sites excluding steroid dienone is 1. The molecule has 1 aliphatic rings. The van der Waals surface area contributed by atoms with E-state index in [-0.39, 0.29) is 6.04 Å². The number of anilines is 1. The highest BCUT2D eigenvalue weighted by Crippen LogP contribution is 2.28. The first-order valence-corrected chi connectivity index (χ1v) is 4.22. The zero-order valence-corrected chi connectivity index (χ0v) is 7.85. The van der Waals surface area contributed by atoms with Crippen molar-refractivity contribution in [1.29, 1.82) is 0 Å². The lowest BCUT2D eigenvalue weighted by atomic mass is 10.1. The molecule has 6 nitrogen and oxygen atoms in total. The van der Waals surface area contributed by atoms with Gasteiger partial charge in [0.2, 0.25) is 5.95 Å². The maximum atomic E-state index is 10.9. The quantitative estimate of drug-likeness (QED) is 0.685. The molecule has 0 amide bonds. The molecule has 0 aromatic carbocycles. The first kappa shape index (κ1) is 8.74. The van der Waals surface area contributed by atoms with Gasteiger partial charge in [0.05, 0.1) is 11.6 Å². The minimum atomic E-state index is -0.927. The van der Waals surface area contributed by atoms with Gasteiger partial charge in [0.1, 0.15) is 6.33 Å². The maximum Gasteiger partial charge on any atom is 0.335 e. The van der Waals surface area contributed by atoms with Gasteiger partial charge in [0, 0.05) is 5.70 Å². The zero-order valence-electron chi connectivity index (χ0n) is 7.85. The van der Waals surface area contributed by atoms with Gasteiger partial charge in [0.25, 0.3) is 0 Å². The molecule has 6 heteroatoms. The van der Waals surface area contributed by atoms with Crippen LogP contribution in [0.2, 0.25) is 0 Å². The van der Waals surface area contributed by atoms with E-state index in [9.17, 15) is 4.79 Å². The van der Waals surface area contributed by atoms with Crippen LogP contribution in [0.1, 0.15) is 19.9 Å². The molecule has 1 aliphatic heterocycles. The molecule has 14 heavy (non-hydrogen) atoms. The van der Waals surface area contributed by atoms with Crippen molar-refractivity contribution in [2.45, 2.75) is 19.9 Å². The topological polar surface area (TPSA) is 80.0 Å². The molecule has 1 aromatic rings. The molecule has 1 atom stereocenters. The van der Waals surface area contributed by atoms with Crippen LogP contribution in [-0.4, -0.2) is 25.8 Å². The maximum absolute atomic E-state index is 10.9. The summed E-state index contributed by atoms with van der Waals surface area (Å²) in [5.41, 5.74) is 0.938. The lowest BCUT2D eigenvalue weighted by Gasteiger charge is -2.23. The summed E-state index contributed by atoms with van der Waals surface area (Å²) in [5.74, 6) is -0.344. The van der Waals surface area contributed by atoms with Crippen molar-refractivity contribution >= 4 is 11.9 Å². The fourth-order valence-corrected chi connectivity index (χ4v) is 1.63. The average molecular weight is 194 g/mol. The normalized spacial score (nSPS) is 20.3. The molecule has 0 saturated heterocycles. The van der Waals surface area contributed by atoms with Crippen molar-refractivity contribution in [3.8, 4) is 0 Å². The molecule has 0 fully saturated rings. The molecule has 0 aliphatic carbocycles. The monoisotopic (exact) mass is 194 g/mol. The Morgan fingerprint density at radius 2 is 2.43 bits per heavy atom. The second-order valence-corrected chi connectivity index (χ2v) is 3.17. The summed E-state index contributed by atoms with van der Waals surface area (Å²) in [6.07, 6.45) is 1.40. The summed E-state index contributed by atoms with van der Waals surface area (Å²) in [5, 5.41) is 15.8. The first-order chi connectivity index (χ1) is 6.61. The van der Waals surface area contributed by atoms with Gasteiger partial charge in [-0.1, -0.05) is 0 Å². The van der Waals surface area contributed by atoms with Crippen LogP contribution in [0.4, 0.5) is 5.95 Å². The first-order valence-electron chi connectivity index (χ1n) is 4.22. The van der Waals surface area contributed by atoms with Gasteiger partial charge in [0.15, 0.2) is 0 Å². The number of aliphatic carboxylic acids is 1. The fourth-order valence-electron chi connectivity index (χ4n) is 1.63. The third kappa shape index (κ3) is 1.07. The minimum absolute atomic E-state index is 0.286. The van der Waals surface area contributed by atoms with E-state index < -0.39 is 5.97 Å². The predicted molar refractivity (Wildman–Crippen MR) is 48.7 cm³/mol. The average Bonchev–Trinajstić information content (AvgIpc) is 2.50. The third-order valence-electron chi connectivity index (χ3n) is 2.29. The van der Waals surface area contributed by atoms with Gasteiger partial charge in [-0.05, 0) is 13.8 Å². The van der Waals surface area contributed by atoms with Crippen molar-refractivity contribution in [2.75, 3.05) is 5.32 Å². The highest BCUT2D eigenvalue weighted by Gasteiger charge is 2.28. The van der Waals surface area contributed by atoms with Crippen molar-refractivity contribution in [2.24, 2.45) is 0 Å². The summed E-state index contributed by atoms with van der Waals surface area (Å²) in [6, 6.07) is -0.286. The largest absolute Gasteiger partial charge is 0.478 e. The van der Waals surface area contributed by atoms with Gasteiger partial charge >= 0.3 is 5.97 Å². The van der Waals surface area contributed by atoms with Crippen LogP contribution in [-0.2, 0) is 4.79 Å². The number of carboxylic acid groups (broad SMARTS) is 1. The third-order valence-corrected chi connectivity index (χ3v) is 2.29. The lowest BCUT2D eigenvalue weighted by Crippen LogP contribution is -2.25. The van der Waals surface area contributed by atoms with Gasteiger partial charge in [-0.3, -0.25) is 0 Å². The van der Waals surface area contributed by atoms with E-state index in [0.29, 0.717) is 17.2 Å². The van der Waals surface area contributed by atoms with E-state index in [4.69, 9.17) is 5.11 Å². The Balaban J connectivity index is 2.50. The lowest BCUT2D eigenvalue weighted by molar-refractivity contribution is -0.133. The zero-order chi connectivity index (χ0) is 10.3. The molecule has 2 N–H and O–H groups in total. The van der Waals surface area contributed by atoms with Gasteiger partial charge < -0.3 is 10.4 Å². The van der Waals surface area contributed by atoms with Gasteiger partial charge in [-0.25, -0.2) is 9.48 Å². The highest BCUT2D eigenvalue weighted by molar-refractivity contribution is 5.89. The van der Waals surface area contributed by atoms with Gasteiger partial charge in [-0.15, -0.1) is 0 Å². The van der Waals surface area contributed by atoms with Crippen molar-refractivity contribution < 1.29 is 9.90 Å². The van der Waals surface area contributed by atoms with Crippen molar-refractivity contribution in [3.63, 3.8) is 0 Å². The Morgan fingerprint density at radius 3 is 3.07 bits per heavy atom. The number of rotatable bonds is 1. The second-order valence-electron chi connectivity index (χ2n) is 3.17. The minimum Gasteiger partial charge on any atom is -0.478 e. The molecule has 74 valence electrons. The van der Waals surface area contributed by atoms with Crippen LogP contribution >= 0.6 is 0 Å². The SMILES string of the molecule is CC1=C(C(=O)O)C(C)n2ncnc2N1. The smallest absolute Gasteiger partial charge is 0.335 e. The molecule has 2 heterocycles. The molecule has 0 spiro atoms. The number of fused-ring (bicyclic) bond motifs is 1. The molecule has 0 radical (unpaired) electrons. The summed E-state index contributed by atoms with van der Waals surface area (Å²) >= 11 is 0. The number of aromatic nitrogens is 3. The van der Waals surface area contributed by atoms with Crippen LogP contribution in [0.3, 0.4) is 0 Å². The molecule has 1 aromatic heterocycles. The number of carboxylic acids is 1. The fraction of sp³-hybridized carbons (Fsp3) is 0.375. The summed E-state index contributed by atoms with van der Waals surface area (Å²) in [6.45, 7) is 3.50. The van der Waals surface area contributed by atoms with Crippen LogP contribution in [0.15, 0.2) is 17.6 Å². The Hall–Kier alpha value is -1.85. The summed E-state index contributed by atoms with van der Waals surface area (Å²) in [7, 11) is 0. The Kier molecular flexibility index (Phi) is 1.77. The number of carbonyl (C=O) groups is 1. The summed E-state index contributed by atoms with van der Waals surface area (Å²) in [4.78, 5) is 14.9. The number of nitrogens with one attached hydrogen (secondary N) is 1. The molecule has 0 saturated carbocycles. The van der Waals surface area contributed by atoms with Crippen LogP contribution in [0, 0.1) is 0 Å². The Labute approximate surface area is 80.3 Å². The summed E-state index contributed by atoms with van der Waals surface area (Å²) < 4.78 is 1.55. The molecule has 2 rings (SSSR count). The number of hydrogen-bond acceptors (Lipinski definition) is 4. The van der Waals surface area contributed by atoms with Crippen LogP contribution < -0.4 is 5.32 Å². The molecular weight excluding hydrogens is 184 g/mol. The molecule has 1 unspecified atom stereocenters. The van der Waals surface area contributed by atoms with Crippen LogP contribution in [0.5, 0.6) is 0 Å². The van der Waals surface area contributed by atoms with Crippen molar-refractivity contribution in [3.05, 3.63) is 17.6 Å². The van der Waals surface area contributed by atoms with E-state index in [1.54, 1.807) is 18.5 Å². The van der Waals surface area contributed by atoms with E-state index in [1.807, 2.05) is 0 Å². The Bertz CT molecular complexity index is 421. The Morgan fingerprint density at radius 1 is 1.71 bits per heavy atom. The highest BCUT2D eigenvalue weighted by atomic mass is 16.4.